The van der Waals surface area contributed by atoms with Crippen molar-refractivity contribution in [3.8, 4) is 0 Å². The quantitative estimate of drug-likeness (QED) is 0.851. The van der Waals surface area contributed by atoms with Gasteiger partial charge in [-0.1, -0.05) is 12.1 Å². The van der Waals surface area contributed by atoms with Crippen LogP contribution in [-0.2, 0) is 11.2 Å². The van der Waals surface area contributed by atoms with Gasteiger partial charge in [-0.3, -0.25) is 0 Å². The van der Waals surface area contributed by atoms with Crippen LogP contribution in [0.1, 0.15) is 38.1 Å². The van der Waals surface area contributed by atoms with Crippen LogP contribution >= 0.6 is 11.8 Å². The number of hydrogen-bond donors (Lipinski definition) is 1. The Morgan fingerprint density at radius 1 is 1.56 bits per heavy atom. The summed E-state index contributed by atoms with van der Waals surface area (Å²) in [7, 11) is 0. The highest BCUT2D eigenvalue weighted by atomic mass is 32.2. The van der Waals surface area contributed by atoms with Crippen LogP contribution < -0.4 is 5.32 Å². The molecule has 5 nitrogen and oxygen atoms in total. The van der Waals surface area contributed by atoms with Crippen LogP contribution in [0, 0.1) is 0 Å². The first-order chi connectivity index (χ1) is 8.79. The fraction of sp³-hybridized carbons (Fsp3) is 0.833. The fourth-order valence-corrected chi connectivity index (χ4v) is 2.68. The second-order valence-corrected chi connectivity index (χ2v) is 5.69. The minimum absolute atomic E-state index is 0.000145. The SMILES string of the molecule is CCCNC(C)Cc1nc(C2CSCCO2)no1. The van der Waals surface area contributed by atoms with E-state index >= 15 is 0 Å². The summed E-state index contributed by atoms with van der Waals surface area (Å²) in [5, 5.41) is 7.43. The molecule has 1 aliphatic heterocycles. The molecule has 2 unspecified atom stereocenters. The Hall–Kier alpha value is -0.590. The van der Waals surface area contributed by atoms with Gasteiger partial charge >= 0.3 is 0 Å². The van der Waals surface area contributed by atoms with Gasteiger partial charge in [-0.25, -0.2) is 0 Å². The second-order valence-electron chi connectivity index (χ2n) is 4.54. The van der Waals surface area contributed by atoms with Crippen molar-refractivity contribution in [3.05, 3.63) is 11.7 Å². The van der Waals surface area contributed by atoms with Gasteiger partial charge in [-0.05, 0) is 19.9 Å². The summed E-state index contributed by atoms with van der Waals surface area (Å²) in [5.74, 6) is 3.36. The van der Waals surface area contributed by atoms with Crippen LogP contribution in [0.4, 0.5) is 0 Å². The molecule has 0 amide bonds. The van der Waals surface area contributed by atoms with E-state index in [9.17, 15) is 0 Å². The zero-order valence-corrected chi connectivity index (χ0v) is 11.8. The molecule has 0 aromatic carbocycles. The van der Waals surface area contributed by atoms with Gasteiger partial charge in [0.15, 0.2) is 0 Å². The van der Waals surface area contributed by atoms with Crippen LogP contribution in [0.3, 0.4) is 0 Å². The lowest BCUT2D eigenvalue weighted by Gasteiger charge is -2.18. The lowest BCUT2D eigenvalue weighted by molar-refractivity contribution is 0.0677. The molecule has 1 aliphatic rings. The van der Waals surface area contributed by atoms with Gasteiger partial charge in [-0.2, -0.15) is 16.7 Å². The first kappa shape index (κ1) is 13.8. The minimum atomic E-state index is 0.000145. The summed E-state index contributed by atoms with van der Waals surface area (Å²) in [6, 6.07) is 0.361. The first-order valence-electron chi connectivity index (χ1n) is 6.54. The molecule has 18 heavy (non-hydrogen) atoms. The van der Waals surface area contributed by atoms with Crippen molar-refractivity contribution >= 4 is 11.8 Å². The summed E-state index contributed by atoms with van der Waals surface area (Å²) in [4.78, 5) is 4.43. The van der Waals surface area contributed by atoms with Gasteiger partial charge in [0.2, 0.25) is 11.7 Å². The number of thioether (sulfide) groups is 1. The van der Waals surface area contributed by atoms with E-state index < -0.39 is 0 Å². The van der Waals surface area contributed by atoms with Crippen molar-refractivity contribution < 1.29 is 9.26 Å². The second kappa shape index (κ2) is 7.11. The monoisotopic (exact) mass is 271 g/mol. The van der Waals surface area contributed by atoms with Crippen molar-refractivity contribution in [1.82, 2.24) is 15.5 Å². The molecule has 2 atom stereocenters. The number of ether oxygens (including phenoxy) is 1. The Morgan fingerprint density at radius 3 is 3.17 bits per heavy atom. The van der Waals surface area contributed by atoms with Gasteiger partial charge in [0.05, 0.1) is 6.61 Å². The average molecular weight is 271 g/mol. The maximum Gasteiger partial charge on any atom is 0.228 e. The van der Waals surface area contributed by atoms with Crippen LogP contribution in [0.5, 0.6) is 0 Å². The number of hydrogen-bond acceptors (Lipinski definition) is 6. The first-order valence-corrected chi connectivity index (χ1v) is 7.70. The van der Waals surface area contributed by atoms with E-state index in [1.807, 2.05) is 11.8 Å². The molecule has 0 radical (unpaired) electrons. The number of rotatable bonds is 6. The summed E-state index contributed by atoms with van der Waals surface area (Å²) in [6.45, 7) is 6.08. The highest BCUT2D eigenvalue weighted by Gasteiger charge is 2.22. The van der Waals surface area contributed by atoms with E-state index in [2.05, 4.69) is 29.3 Å². The normalized spacial score (nSPS) is 22.0. The average Bonchev–Trinajstić information content (AvgIpc) is 2.86. The van der Waals surface area contributed by atoms with Crippen molar-refractivity contribution in [1.29, 1.82) is 0 Å². The van der Waals surface area contributed by atoms with Crippen LogP contribution in [0.15, 0.2) is 4.52 Å². The van der Waals surface area contributed by atoms with E-state index in [-0.39, 0.29) is 6.10 Å². The lowest BCUT2D eigenvalue weighted by atomic mass is 10.2. The number of aromatic nitrogens is 2. The fourth-order valence-electron chi connectivity index (χ4n) is 1.84. The Kier molecular flexibility index (Phi) is 5.46. The molecule has 0 aliphatic carbocycles. The standard InChI is InChI=1S/C12H21N3O2S/c1-3-4-13-9(2)7-11-14-12(15-17-11)10-8-18-6-5-16-10/h9-10,13H,3-8H2,1-2H3. The van der Waals surface area contributed by atoms with Crippen LogP contribution in [-0.4, -0.2) is 40.8 Å². The van der Waals surface area contributed by atoms with Gasteiger partial charge in [-0.15, -0.1) is 0 Å². The van der Waals surface area contributed by atoms with E-state index in [1.165, 1.54) is 0 Å². The molecular weight excluding hydrogens is 250 g/mol. The summed E-state index contributed by atoms with van der Waals surface area (Å²) in [6.07, 6.45) is 1.90. The summed E-state index contributed by atoms with van der Waals surface area (Å²) >= 11 is 1.87. The molecule has 1 fully saturated rings. The van der Waals surface area contributed by atoms with E-state index in [0.717, 1.165) is 37.5 Å². The summed E-state index contributed by atoms with van der Waals surface area (Å²) < 4.78 is 10.9. The third-order valence-corrected chi connectivity index (χ3v) is 3.81. The van der Waals surface area contributed by atoms with Crippen molar-refractivity contribution in [3.63, 3.8) is 0 Å². The third kappa shape index (κ3) is 3.96. The highest BCUT2D eigenvalue weighted by molar-refractivity contribution is 7.99. The topological polar surface area (TPSA) is 60.2 Å². The maximum absolute atomic E-state index is 5.63. The molecule has 0 bridgehead atoms. The van der Waals surface area contributed by atoms with Crippen molar-refractivity contribution in [2.45, 2.75) is 38.8 Å². The Labute approximate surface area is 112 Å². The molecule has 0 saturated carbocycles. The van der Waals surface area contributed by atoms with Gasteiger partial charge in [0.25, 0.3) is 0 Å². The molecule has 1 aromatic heterocycles. The van der Waals surface area contributed by atoms with Gasteiger partial charge in [0.1, 0.15) is 6.10 Å². The molecule has 2 heterocycles. The van der Waals surface area contributed by atoms with Crippen molar-refractivity contribution in [2.75, 3.05) is 24.7 Å². The summed E-state index contributed by atoms with van der Waals surface area (Å²) in [5.41, 5.74) is 0. The number of nitrogens with one attached hydrogen (secondary N) is 1. The van der Waals surface area contributed by atoms with Crippen LogP contribution in [0.2, 0.25) is 0 Å². The highest BCUT2D eigenvalue weighted by Crippen LogP contribution is 2.24. The van der Waals surface area contributed by atoms with Gasteiger partial charge in [0, 0.05) is 24.0 Å². The smallest absolute Gasteiger partial charge is 0.228 e. The zero-order valence-electron chi connectivity index (χ0n) is 11.0. The van der Waals surface area contributed by atoms with Crippen LogP contribution in [0.25, 0.3) is 0 Å². The Morgan fingerprint density at radius 2 is 2.44 bits per heavy atom. The van der Waals surface area contributed by atoms with Gasteiger partial charge < -0.3 is 14.6 Å². The lowest BCUT2D eigenvalue weighted by Crippen LogP contribution is -2.28. The Balaban J connectivity index is 1.85. The molecule has 1 N–H and O–H groups in total. The predicted octanol–water partition coefficient (Wildman–Crippen LogP) is 1.80. The molecule has 0 spiro atoms. The largest absolute Gasteiger partial charge is 0.368 e. The predicted molar refractivity (Wildman–Crippen MR) is 71.8 cm³/mol. The van der Waals surface area contributed by atoms with Crippen molar-refractivity contribution in [2.24, 2.45) is 0 Å². The molecule has 1 saturated heterocycles. The molecular formula is C12H21N3O2S. The van der Waals surface area contributed by atoms with E-state index in [4.69, 9.17) is 9.26 Å². The molecule has 6 heteroatoms. The van der Waals surface area contributed by atoms with E-state index in [1.54, 1.807) is 0 Å². The van der Waals surface area contributed by atoms with E-state index in [0.29, 0.717) is 17.8 Å². The maximum atomic E-state index is 5.63. The zero-order chi connectivity index (χ0) is 12.8. The Bertz CT molecular complexity index is 353. The molecule has 1 aromatic rings. The minimum Gasteiger partial charge on any atom is -0.368 e. The molecule has 102 valence electrons. The number of nitrogens with zero attached hydrogens (tertiary/aromatic N) is 2. The third-order valence-electron chi connectivity index (χ3n) is 2.81. The molecule has 2 rings (SSSR count).